The fourth-order valence-corrected chi connectivity index (χ4v) is 2.68. The van der Waals surface area contributed by atoms with Crippen LogP contribution in [0.25, 0.3) is 6.08 Å². The molecule has 0 unspecified atom stereocenters. The molecule has 0 saturated heterocycles. The van der Waals surface area contributed by atoms with Crippen LogP contribution >= 0.6 is 23.2 Å². The highest BCUT2D eigenvalue weighted by molar-refractivity contribution is 6.32. The van der Waals surface area contributed by atoms with Crippen LogP contribution in [0.15, 0.2) is 30.3 Å². The van der Waals surface area contributed by atoms with Crippen molar-refractivity contribution in [1.29, 1.82) is 0 Å². The SMILES string of the molecule is C#CCNC(=O)COC(=O)/C=C/c1c(C)nn(Cc2ccccc2Cl)c1Cl. The minimum atomic E-state index is -0.680. The fraction of sp³-hybridized carbons (Fsp3) is 0.211. The minimum absolute atomic E-state index is 0.0750. The van der Waals surface area contributed by atoms with Gasteiger partial charge in [-0.2, -0.15) is 5.10 Å². The van der Waals surface area contributed by atoms with E-state index in [4.69, 9.17) is 34.4 Å². The summed E-state index contributed by atoms with van der Waals surface area (Å²) in [7, 11) is 0. The molecule has 2 rings (SSSR count). The Hall–Kier alpha value is -2.75. The molecule has 1 N–H and O–H groups in total. The highest BCUT2D eigenvalue weighted by atomic mass is 35.5. The van der Waals surface area contributed by atoms with E-state index in [0.717, 1.165) is 5.56 Å². The molecular weight excluding hydrogens is 389 g/mol. The van der Waals surface area contributed by atoms with Gasteiger partial charge in [0.15, 0.2) is 6.61 Å². The zero-order chi connectivity index (χ0) is 19.8. The fourth-order valence-electron chi connectivity index (χ4n) is 2.19. The van der Waals surface area contributed by atoms with Gasteiger partial charge in [-0.05, 0) is 24.6 Å². The Morgan fingerprint density at radius 1 is 1.37 bits per heavy atom. The summed E-state index contributed by atoms with van der Waals surface area (Å²) >= 11 is 12.5. The van der Waals surface area contributed by atoms with Crippen LogP contribution in [-0.2, 0) is 20.9 Å². The van der Waals surface area contributed by atoms with Crippen LogP contribution < -0.4 is 5.32 Å². The maximum atomic E-state index is 11.7. The second-order valence-electron chi connectivity index (χ2n) is 5.46. The van der Waals surface area contributed by atoms with Gasteiger partial charge in [-0.25, -0.2) is 9.48 Å². The van der Waals surface area contributed by atoms with E-state index in [1.54, 1.807) is 17.7 Å². The number of hydrogen-bond donors (Lipinski definition) is 1. The quantitative estimate of drug-likeness (QED) is 0.436. The van der Waals surface area contributed by atoms with Crippen molar-refractivity contribution in [3.63, 3.8) is 0 Å². The lowest BCUT2D eigenvalue weighted by Crippen LogP contribution is -2.28. The van der Waals surface area contributed by atoms with E-state index in [1.807, 2.05) is 18.2 Å². The van der Waals surface area contributed by atoms with Crippen molar-refractivity contribution in [2.75, 3.05) is 13.2 Å². The molecule has 0 radical (unpaired) electrons. The second kappa shape index (κ2) is 9.81. The summed E-state index contributed by atoms with van der Waals surface area (Å²) in [6.07, 6.45) is 7.70. The first-order valence-corrected chi connectivity index (χ1v) is 8.69. The predicted octanol–water partition coefficient (Wildman–Crippen LogP) is 2.85. The second-order valence-corrected chi connectivity index (χ2v) is 6.23. The highest BCUT2D eigenvalue weighted by Gasteiger charge is 2.13. The van der Waals surface area contributed by atoms with E-state index in [1.165, 1.54) is 12.2 Å². The first-order chi connectivity index (χ1) is 12.9. The van der Waals surface area contributed by atoms with Crippen molar-refractivity contribution >= 4 is 41.2 Å². The Balaban J connectivity index is 2.02. The van der Waals surface area contributed by atoms with Crippen LogP contribution in [0, 0.1) is 19.3 Å². The number of aryl methyl sites for hydroxylation is 1. The van der Waals surface area contributed by atoms with Crippen molar-refractivity contribution < 1.29 is 14.3 Å². The zero-order valence-corrected chi connectivity index (χ0v) is 16.0. The lowest BCUT2D eigenvalue weighted by Gasteiger charge is -2.05. The van der Waals surface area contributed by atoms with Crippen molar-refractivity contribution in [3.8, 4) is 12.3 Å². The van der Waals surface area contributed by atoms with Crippen molar-refractivity contribution in [3.05, 3.63) is 57.3 Å². The van der Waals surface area contributed by atoms with Crippen LogP contribution in [0.4, 0.5) is 0 Å². The number of ether oxygens (including phenoxy) is 1. The lowest BCUT2D eigenvalue weighted by molar-refractivity contribution is -0.143. The van der Waals surface area contributed by atoms with E-state index in [0.29, 0.717) is 28.0 Å². The smallest absolute Gasteiger partial charge is 0.331 e. The molecule has 8 heteroatoms. The Morgan fingerprint density at radius 2 is 2.11 bits per heavy atom. The van der Waals surface area contributed by atoms with Gasteiger partial charge in [-0.1, -0.05) is 47.3 Å². The first-order valence-electron chi connectivity index (χ1n) is 7.93. The van der Waals surface area contributed by atoms with Gasteiger partial charge >= 0.3 is 5.97 Å². The number of hydrogen-bond acceptors (Lipinski definition) is 4. The average molecular weight is 406 g/mol. The van der Waals surface area contributed by atoms with Crippen molar-refractivity contribution in [2.45, 2.75) is 13.5 Å². The summed E-state index contributed by atoms with van der Waals surface area (Å²) in [5, 5.41) is 7.74. The number of amides is 1. The maximum Gasteiger partial charge on any atom is 0.331 e. The number of halogens is 2. The third-order valence-corrected chi connectivity index (χ3v) is 4.27. The first kappa shape index (κ1) is 20.6. The van der Waals surface area contributed by atoms with Gasteiger partial charge in [-0.3, -0.25) is 4.79 Å². The molecule has 1 heterocycles. The molecule has 0 atom stereocenters. The van der Waals surface area contributed by atoms with Gasteiger partial charge in [0.1, 0.15) is 5.15 Å². The molecule has 0 bridgehead atoms. The number of benzene rings is 1. The molecule has 2 aromatic rings. The number of nitrogens with zero attached hydrogens (tertiary/aromatic N) is 2. The van der Waals surface area contributed by atoms with Crippen LogP contribution in [0.1, 0.15) is 16.8 Å². The summed E-state index contributed by atoms with van der Waals surface area (Å²) in [6, 6.07) is 7.39. The normalized spacial score (nSPS) is 10.6. The van der Waals surface area contributed by atoms with Crippen LogP contribution in [0.3, 0.4) is 0 Å². The number of nitrogens with one attached hydrogen (secondary N) is 1. The van der Waals surface area contributed by atoms with E-state index in [2.05, 4.69) is 16.3 Å². The lowest BCUT2D eigenvalue weighted by atomic mass is 10.2. The van der Waals surface area contributed by atoms with E-state index in [9.17, 15) is 9.59 Å². The monoisotopic (exact) mass is 405 g/mol. The summed E-state index contributed by atoms with van der Waals surface area (Å²) in [5.41, 5.74) is 2.09. The summed E-state index contributed by atoms with van der Waals surface area (Å²) < 4.78 is 6.42. The molecule has 6 nitrogen and oxygen atoms in total. The van der Waals surface area contributed by atoms with Gasteiger partial charge in [0, 0.05) is 16.7 Å². The standard InChI is InChI=1S/C19H17Cl2N3O3/c1-3-10-22-17(25)12-27-18(26)9-8-15-13(2)23-24(19(15)21)11-14-6-4-5-7-16(14)20/h1,4-9H,10-12H2,2H3,(H,22,25)/b9-8+. The summed E-state index contributed by atoms with van der Waals surface area (Å²) in [6.45, 7) is 1.83. The van der Waals surface area contributed by atoms with Crippen LogP contribution in [0.5, 0.6) is 0 Å². The Kier molecular flexibility index (Phi) is 7.47. The van der Waals surface area contributed by atoms with E-state index in [-0.39, 0.29) is 6.54 Å². The summed E-state index contributed by atoms with van der Waals surface area (Å²) in [5.74, 6) is 1.09. The van der Waals surface area contributed by atoms with Gasteiger partial charge in [-0.15, -0.1) is 6.42 Å². The number of esters is 1. The summed E-state index contributed by atoms with van der Waals surface area (Å²) in [4.78, 5) is 23.1. The molecule has 1 aromatic carbocycles. The molecular formula is C19H17Cl2N3O3. The zero-order valence-electron chi connectivity index (χ0n) is 14.5. The minimum Gasteiger partial charge on any atom is -0.452 e. The number of aromatic nitrogens is 2. The molecule has 0 spiro atoms. The van der Waals surface area contributed by atoms with Gasteiger partial charge in [0.2, 0.25) is 0 Å². The number of carbonyl (C=O) groups is 2. The van der Waals surface area contributed by atoms with Crippen molar-refractivity contribution in [1.82, 2.24) is 15.1 Å². The topological polar surface area (TPSA) is 73.2 Å². The van der Waals surface area contributed by atoms with Gasteiger partial charge in [0.05, 0.1) is 18.8 Å². The van der Waals surface area contributed by atoms with E-state index >= 15 is 0 Å². The number of carbonyl (C=O) groups excluding carboxylic acids is 2. The molecule has 0 aliphatic rings. The third-order valence-electron chi connectivity index (χ3n) is 3.51. The third kappa shape index (κ3) is 5.88. The molecule has 0 fully saturated rings. The molecule has 0 saturated carbocycles. The van der Waals surface area contributed by atoms with Crippen LogP contribution in [0.2, 0.25) is 10.2 Å². The predicted molar refractivity (Wildman–Crippen MR) is 104 cm³/mol. The Morgan fingerprint density at radius 3 is 2.81 bits per heavy atom. The number of rotatable bonds is 7. The van der Waals surface area contributed by atoms with E-state index < -0.39 is 18.5 Å². The largest absolute Gasteiger partial charge is 0.452 e. The number of terminal acetylenes is 1. The van der Waals surface area contributed by atoms with Gasteiger partial charge in [0.25, 0.3) is 5.91 Å². The Bertz CT molecular complexity index is 913. The molecule has 1 aromatic heterocycles. The highest BCUT2D eigenvalue weighted by Crippen LogP contribution is 2.24. The van der Waals surface area contributed by atoms with Crippen LogP contribution in [-0.4, -0.2) is 34.8 Å². The Labute approximate surface area is 167 Å². The molecule has 0 aliphatic heterocycles. The average Bonchev–Trinajstić information content (AvgIpc) is 2.91. The van der Waals surface area contributed by atoms with Crippen molar-refractivity contribution in [2.24, 2.45) is 0 Å². The molecule has 0 aliphatic carbocycles. The molecule has 1 amide bonds. The van der Waals surface area contributed by atoms with Gasteiger partial charge < -0.3 is 10.1 Å². The molecule has 140 valence electrons. The molecule has 27 heavy (non-hydrogen) atoms. The maximum absolute atomic E-state index is 11.7.